The first kappa shape index (κ1) is 10.5. The third-order valence-electron chi connectivity index (χ3n) is 2.87. The van der Waals surface area contributed by atoms with Crippen LogP contribution in [0, 0.1) is 0 Å². The summed E-state index contributed by atoms with van der Waals surface area (Å²) >= 11 is 0. The van der Waals surface area contributed by atoms with E-state index in [1.807, 2.05) is 37.3 Å². The van der Waals surface area contributed by atoms with Gasteiger partial charge >= 0.3 is 0 Å². The fourth-order valence-corrected chi connectivity index (χ4v) is 1.66. The van der Waals surface area contributed by atoms with Crippen LogP contribution in [-0.2, 0) is 4.79 Å². The van der Waals surface area contributed by atoms with E-state index in [1.165, 1.54) is 0 Å². The van der Waals surface area contributed by atoms with Gasteiger partial charge in [0, 0.05) is 16.8 Å². The Morgan fingerprint density at radius 3 is 2.56 bits per heavy atom. The predicted octanol–water partition coefficient (Wildman–Crippen LogP) is 2.45. The number of nitrogens with two attached hydrogens (primary N) is 1. The van der Waals surface area contributed by atoms with Gasteiger partial charge in [0.05, 0.1) is 0 Å². The fraction of sp³-hybridized carbons (Fsp3) is 0.154. The lowest BCUT2D eigenvalue weighted by molar-refractivity contribution is -0.114. The van der Waals surface area contributed by atoms with Gasteiger partial charge in [0.25, 0.3) is 0 Å². The maximum absolute atomic E-state index is 11.1. The topological polar surface area (TPSA) is 58.9 Å². The summed E-state index contributed by atoms with van der Waals surface area (Å²) in [6.45, 7) is 3.63. The molecule has 0 spiro atoms. The Hall–Kier alpha value is -2.03. The highest BCUT2D eigenvalue weighted by molar-refractivity contribution is 5.99. The number of allylic oxidation sites excluding steroid dienone is 1. The smallest absolute Gasteiger partial charge is 0.244 e. The van der Waals surface area contributed by atoms with Crippen molar-refractivity contribution in [1.82, 2.24) is 4.98 Å². The van der Waals surface area contributed by atoms with Gasteiger partial charge in [0.1, 0.15) is 0 Å². The van der Waals surface area contributed by atoms with Gasteiger partial charge in [0.15, 0.2) is 0 Å². The van der Waals surface area contributed by atoms with E-state index in [9.17, 15) is 4.79 Å². The van der Waals surface area contributed by atoms with Crippen molar-refractivity contribution < 1.29 is 4.79 Å². The Kier molecular flexibility index (Phi) is 2.52. The SMILES string of the molecule is C/C(C(N)=O)=C(/C)c1cc2ccccc2[nH]1. The number of hydrogen-bond donors (Lipinski definition) is 2. The standard InChI is InChI=1S/C13H14N2O/c1-8(9(2)13(14)16)12-7-10-5-3-4-6-11(10)15-12/h3-7,15H,1-2H3,(H2,14,16)/b9-8+. The molecule has 3 heteroatoms. The molecule has 1 heterocycles. The molecule has 0 atom stereocenters. The van der Waals surface area contributed by atoms with Gasteiger partial charge in [-0.2, -0.15) is 0 Å². The first-order valence-corrected chi connectivity index (χ1v) is 5.15. The minimum Gasteiger partial charge on any atom is -0.366 e. The third-order valence-corrected chi connectivity index (χ3v) is 2.87. The summed E-state index contributed by atoms with van der Waals surface area (Å²) in [7, 11) is 0. The lowest BCUT2D eigenvalue weighted by Crippen LogP contribution is -2.12. The van der Waals surface area contributed by atoms with Crippen LogP contribution < -0.4 is 5.73 Å². The number of carbonyl (C=O) groups excluding carboxylic acids is 1. The monoisotopic (exact) mass is 214 g/mol. The van der Waals surface area contributed by atoms with Crippen LogP contribution in [0.5, 0.6) is 0 Å². The zero-order valence-corrected chi connectivity index (χ0v) is 9.37. The summed E-state index contributed by atoms with van der Waals surface area (Å²) in [5, 5.41) is 1.13. The first-order valence-electron chi connectivity index (χ1n) is 5.15. The number of primary amides is 1. The van der Waals surface area contributed by atoms with Gasteiger partial charge in [-0.05, 0) is 36.9 Å². The van der Waals surface area contributed by atoms with E-state index in [-0.39, 0.29) is 5.91 Å². The van der Waals surface area contributed by atoms with E-state index in [4.69, 9.17) is 5.73 Å². The number of carbonyl (C=O) groups is 1. The zero-order chi connectivity index (χ0) is 11.7. The third kappa shape index (κ3) is 1.72. The summed E-state index contributed by atoms with van der Waals surface area (Å²) in [6.07, 6.45) is 0. The number of para-hydroxylation sites is 1. The number of fused-ring (bicyclic) bond motifs is 1. The molecule has 3 N–H and O–H groups in total. The molecule has 0 saturated heterocycles. The van der Waals surface area contributed by atoms with Crippen LogP contribution in [0.15, 0.2) is 35.9 Å². The number of hydrogen-bond acceptors (Lipinski definition) is 1. The van der Waals surface area contributed by atoms with Crippen molar-refractivity contribution >= 4 is 22.4 Å². The summed E-state index contributed by atoms with van der Waals surface area (Å²) < 4.78 is 0. The van der Waals surface area contributed by atoms with Crippen molar-refractivity contribution in [3.05, 3.63) is 41.6 Å². The fourth-order valence-electron chi connectivity index (χ4n) is 1.66. The molecule has 0 radical (unpaired) electrons. The molecule has 1 amide bonds. The maximum atomic E-state index is 11.1. The van der Waals surface area contributed by atoms with Crippen molar-refractivity contribution in [2.45, 2.75) is 13.8 Å². The molecule has 0 fully saturated rings. The quantitative estimate of drug-likeness (QED) is 0.741. The lowest BCUT2D eigenvalue weighted by Gasteiger charge is -2.01. The minimum absolute atomic E-state index is 0.379. The second-order valence-corrected chi connectivity index (χ2v) is 3.88. The van der Waals surface area contributed by atoms with E-state index in [1.54, 1.807) is 6.92 Å². The van der Waals surface area contributed by atoms with E-state index in [2.05, 4.69) is 4.98 Å². The molecular formula is C13H14N2O. The Balaban J connectivity index is 2.56. The van der Waals surface area contributed by atoms with Crippen LogP contribution in [0.25, 0.3) is 16.5 Å². The van der Waals surface area contributed by atoms with Crippen LogP contribution in [0.3, 0.4) is 0 Å². The summed E-state index contributed by atoms with van der Waals surface area (Å²) in [4.78, 5) is 14.3. The highest BCUT2D eigenvalue weighted by Crippen LogP contribution is 2.22. The molecule has 82 valence electrons. The summed E-state index contributed by atoms with van der Waals surface area (Å²) in [5.74, 6) is -0.379. The average molecular weight is 214 g/mol. The Labute approximate surface area is 94.0 Å². The van der Waals surface area contributed by atoms with Gasteiger partial charge < -0.3 is 10.7 Å². The molecular weight excluding hydrogens is 200 g/mol. The minimum atomic E-state index is -0.379. The number of amides is 1. The number of nitrogens with one attached hydrogen (secondary N) is 1. The molecule has 0 aliphatic carbocycles. The second-order valence-electron chi connectivity index (χ2n) is 3.88. The van der Waals surface area contributed by atoms with E-state index >= 15 is 0 Å². The molecule has 0 aliphatic rings. The van der Waals surface area contributed by atoms with Gasteiger partial charge in [-0.15, -0.1) is 0 Å². The average Bonchev–Trinajstić information content (AvgIpc) is 2.70. The van der Waals surface area contributed by atoms with Crippen LogP contribution in [0.4, 0.5) is 0 Å². The lowest BCUT2D eigenvalue weighted by atomic mass is 10.1. The van der Waals surface area contributed by atoms with Crippen molar-refractivity contribution in [2.24, 2.45) is 5.73 Å². The van der Waals surface area contributed by atoms with Crippen molar-refractivity contribution in [2.75, 3.05) is 0 Å². The number of rotatable bonds is 2. The molecule has 1 aromatic carbocycles. The van der Waals surface area contributed by atoms with E-state index in [0.29, 0.717) is 5.57 Å². The molecule has 0 bridgehead atoms. The predicted molar refractivity (Wildman–Crippen MR) is 65.8 cm³/mol. The molecule has 2 aromatic rings. The highest BCUT2D eigenvalue weighted by atomic mass is 16.1. The molecule has 3 nitrogen and oxygen atoms in total. The van der Waals surface area contributed by atoms with Crippen LogP contribution in [0.1, 0.15) is 19.5 Å². The first-order chi connectivity index (χ1) is 7.59. The van der Waals surface area contributed by atoms with Crippen molar-refractivity contribution in [3.63, 3.8) is 0 Å². The number of aromatic nitrogens is 1. The van der Waals surface area contributed by atoms with Gasteiger partial charge in [0.2, 0.25) is 5.91 Å². The zero-order valence-electron chi connectivity index (χ0n) is 9.37. The van der Waals surface area contributed by atoms with Crippen LogP contribution in [0.2, 0.25) is 0 Å². The Morgan fingerprint density at radius 2 is 1.94 bits per heavy atom. The molecule has 0 saturated carbocycles. The number of benzene rings is 1. The van der Waals surface area contributed by atoms with Crippen molar-refractivity contribution in [3.8, 4) is 0 Å². The summed E-state index contributed by atoms with van der Waals surface area (Å²) in [6, 6.07) is 10.0. The van der Waals surface area contributed by atoms with Crippen LogP contribution >= 0.6 is 0 Å². The Morgan fingerprint density at radius 1 is 1.25 bits per heavy atom. The van der Waals surface area contributed by atoms with Crippen molar-refractivity contribution in [1.29, 1.82) is 0 Å². The van der Waals surface area contributed by atoms with E-state index < -0.39 is 0 Å². The van der Waals surface area contributed by atoms with Gasteiger partial charge in [-0.25, -0.2) is 0 Å². The maximum Gasteiger partial charge on any atom is 0.244 e. The molecule has 16 heavy (non-hydrogen) atoms. The Bertz CT molecular complexity index is 545. The second kappa shape index (κ2) is 3.85. The molecule has 2 rings (SSSR count). The van der Waals surface area contributed by atoms with Gasteiger partial charge in [-0.1, -0.05) is 18.2 Å². The molecule has 0 unspecified atom stereocenters. The largest absolute Gasteiger partial charge is 0.366 e. The molecule has 0 aliphatic heterocycles. The number of H-pyrrole nitrogens is 1. The van der Waals surface area contributed by atoms with Crippen LogP contribution in [-0.4, -0.2) is 10.9 Å². The number of aromatic amines is 1. The molecule has 1 aromatic heterocycles. The van der Waals surface area contributed by atoms with E-state index in [0.717, 1.165) is 22.2 Å². The highest BCUT2D eigenvalue weighted by Gasteiger charge is 2.07. The van der Waals surface area contributed by atoms with Gasteiger partial charge in [-0.3, -0.25) is 4.79 Å². The summed E-state index contributed by atoms with van der Waals surface area (Å²) in [5.41, 5.74) is 8.75. The normalized spacial score (nSPS) is 12.6.